The Morgan fingerprint density at radius 3 is 3.00 bits per heavy atom. The summed E-state index contributed by atoms with van der Waals surface area (Å²) in [6.07, 6.45) is 1.82. The molecule has 2 heterocycles. The van der Waals surface area contributed by atoms with E-state index >= 15 is 0 Å². The van der Waals surface area contributed by atoms with Crippen molar-refractivity contribution in [3.8, 4) is 0 Å². The van der Waals surface area contributed by atoms with Gasteiger partial charge in [-0.05, 0) is 39.7 Å². The highest BCUT2D eigenvalue weighted by molar-refractivity contribution is 9.10. The monoisotopic (exact) mass is 231 g/mol. The molecule has 0 aliphatic heterocycles. The van der Waals surface area contributed by atoms with Crippen LogP contribution in [0.25, 0.3) is 5.65 Å². The first-order chi connectivity index (χ1) is 5.27. The van der Waals surface area contributed by atoms with Crippen LogP contribution in [-0.2, 0) is 0 Å². The molecule has 0 saturated carbocycles. The second-order valence-corrected chi connectivity index (χ2v) is 3.30. The van der Waals surface area contributed by atoms with E-state index in [4.69, 9.17) is 11.6 Å². The smallest absolute Gasteiger partial charge is 0.229 e. The fourth-order valence-electron chi connectivity index (χ4n) is 0.837. The Labute approximate surface area is 76.1 Å². The molecule has 0 amide bonds. The third-order valence-electron chi connectivity index (χ3n) is 1.32. The predicted octanol–water partition coefficient (Wildman–Crippen LogP) is 2.15. The van der Waals surface area contributed by atoms with Gasteiger partial charge in [-0.3, -0.25) is 4.40 Å². The van der Waals surface area contributed by atoms with Crippen LogP contribution in [0.3, 0.4) is 0 Å². The molecule has 56 valence electrons. The van der Waals surface area contributed by atoms with Crippen molar-refractivity contribution < 1.29 is 0 Å². The standard InChI is InChI=1S/C6H3BrClN3/c7-4-1-2-5-9-10-6(8)11(5)3-4/h1-3H. The minimum atomic E-state index is 0.376. The molecular formula is C6H3BrClN3. The molecule has 11 heavy (non-hydrogen) atoms. The lowest BCUT2D eigenvalue weighted by molar-refractivity contribution is 1.10. The summed E-state index contributed by atoms with van der Waals surface area (Å²) in [4.78, 5) is 0. The van der Waals surface area contributed by atoms with Crippen LogP contribution < -0.4 is 0 Å². The molecule has 5 heteroatoms. The molecule has 0 N–H and O–H groups in total. The number of hydrogen-bond acceptors (Lipinski definition) is 2. The SMILES string of the molecule is Clc1nnc2ccc(Br)cn12. The maximum Gasteiger partial charge on any atom is 0.229 e. The van der Waals surface area contributed by atoms with Crippen molar-refractivity contribution in [3.63, 3.8) is 0 Å². The van der Waals surface area contributed by atoms with Gasteiger partial charge >= 0.3 is 0 Å². The maximum atomic E-state index is 5.71. The Bertz CT molecular complexity index is 398. The molecule has 2 aromatic rings. The summed E-state index contributed by atoms with van der Waals surface area (Å²) in [6.45, 7) is 0. The molecule has 0 bridgehead atoms. The summed E-state index contributed by atoms with van der Waals surface area (Å²) >= 11 is 9.03. The van der Waals surface area contributed by atoms with Crippen LogP contribution in [0.2, 0.25) is 5.28 Å². The summed E-state index contributed by atoms with van der Waals surface area (Å²) in [5.41, 5.74) is 0.748. The first kappa shape index (κ1) is 7.06. The van der Waals surface area contributed by atoms with Gasteiger partial charge < -0.3 is 0 Å². The van der Waals surface area contributed by atoms with Crippen LogP contribution in [0.1, 0.15) is 0 Å². The molecule has 0 aliphatic carbocycles. The van der Waals surface area contributed by atoms with Crippen molar-refractivity contribution >= 4 is 33.2 Å². The normalized spacial score (nSPS) is 10.7. The fraction of sp³-hybridized carbons (Fsp3) is 0. The van der Waals surface area contributed by atoms with Crippen molar-refractivity contribution in [2.75, 3.05) is 0 Å². The van der Waals surface area contributed by atoms with Crippen LogP contribution in [0.4, 0.5) is 0 Å². The van der Waals surface area contributed by atoms with Gasteiger partial charge in [0.2, 0.25) is 5.28 Å². The Kier molecular flexibility index (Phi) is 1.58. The highest BCUT2D eigenvalue weighted by Crippen LogP contribution is 2.13. The molecular weight excluding hydrogens is 229 g/mol. The zero-order valence-electron chi connectivity index (χ0n) is 5.33. The van der Waals surface area contributed by atoms with Crippen LogP contribution in [0.15, 0.2) is 22.8 Å². The molecule has 0 atom stereocenters. The Morgan fingerprint density at radius 2 is 2.18 bits per heavy atom. The van der Waals surface area contributed by atoms with E-state index in [0.717, 1.165) is 10.1 Å². The molecule has 0 unspecified atom stereocenters. The third kappa shape index (κ3) is 1.12. The van der Waals surface area contributed by atoms with E-state index < -0.39 is 0 Å². The van der Waals surface area contributed by atoms with Crippen LogP contribution in [0, 0.1) is 0 Å². The van der Waals surface area contributed by atoms with Gasteiger partial charge in [0.05, 0.1) is 0 Å². The van der Waals surface area contributed by atoms with Gasteiger partial charge in [-0.2, -0.15) is 0 Å². The molecule has 0 saturated heterocycles. The number of rotatable bonds is 0. The molecule has 0 fully saturated rings. The number of halogens is 2. The number of nitrogens with zero attached hydrogens (tertiary/aromatic N) is 3. The average Bonchev–Trinajstić information content (AvgIpc) is 2.33. The van der Waals surface area contributed by atoms with Crippen LogP contribution >= 0.6 is 27.5 Å². The molecule has 2 aromatic heterocycles. The molecule has 3 nitrogen and oxygen atoms in total. The van der Waals surface area contributed by atoms with Gasteiger partial charge in [-0.15, -0.1) is 10.2 Å². The highest BCUT2D eigenvalue weighted by atomic mass is 79.9. The Hall–Kier alpha value is -0.610. The molecule has 2 rings (SSSR count). The lowest BCUT2D eigenvalue weighted by Gasteiger charge is -1.92. The van der Waals surface area contributed by atoms with Gasteiger partial charge in [0.15, 0.2) is 5.65 Å². The zero-order valence-corrected chi connectivity index (χ0v) is 7.67. The van der Waals surface area contributed by atoms with Gasteiger partial charge in [0.1, 0.15) is 0 Å². The number of aromatic nitrogens is 3. The van der Waals surface area contributed by atoms with Gasteiger partial charge in [-0.25, -0.2) is 0 Å². The van der Waals surface area contributed by atoms with Crippen molar-refractivity contribution in [1.82, 2.24) is 14.6 Å². The quantitative estimate of drug-likeness (QED) is 0.697. The van der Waals surface area contributed by atoms with Crippen molar-refractivity contribution in [1.29, 1.82) is 0 Å². The van der Waals surface area contributed by atoms with Crippen molar-refractivity contribution in [2.24, 2.45) is 0 Å². The van der Waals surface area contributed by atoms with Crippen LogP contribution in [0.5, 0.6) is 0 Å². The van der Waals surface area contributed by atoms with E-state index in [-0.39, 0.29) is 0 Å². The van der Waals surface area contributed by atoms with Crippen molar-refractivity contribution in [3.05, 3.63) is 28.1 Å². The second-order valence-electron chi connectivity index (χ2n) is 2.04. The first-order valence-electron chi connectivity index (χ1n) is 2.93. The fourth-order valence-corrected chi connectivity index (χ4v) is 1.35. The molecule has 0 aromatic carbocycles. The van der Waals surface area contributed by atoms with Crippen LogP contribution in [-0.4, -0.2) is 14.6 Å². The number of pyridine rings is 1. The third-order valence-corrected chi connectivity index (χ3v) is 2.05. The second kappa shape index (κ2) is 2.46. The Balaban J connectivity index is 2.87. The van der Waals surface area contributed by atoms with Gasteiger partial charge in [0.25, 0.3) is 0 Å². The maximum absolute atomic E-state index is 5.71. The van der Waals surface area contributed by atoms with Gasteiger partial charge in [-0.1, -0.05) is 0 Å². The molecule has 0 spiro atoms. The molecule has 0 aliphatic rings. The van der Waals surface area contributed by atoms with E-state index in [1.165, 1.54) is 0 Å². The zero-order chi connectivity index (χ0) is 7.84. The number of fused-ring (bicyclic) bond motifs is 1. The van der Waals surface area contributed by atoms with E-state index in [9.17, 15) is 0 Å². The lowest BCUT2D eigenvalue weighted by Crippen LogP contribution is -1.82. The number of hydrogen-bond donors (Lipinski definition) is 0. The molecule has 0 radical (unpaired) electrons. The average molecular weight is 232 g/mol. The summed E-state index contributed by atoms with van der Waals surface area (Å²) in [5, 5.41) is 7.89. The summed E-state index contributed by atoms with van der Waals surface area (Å²) in [6, 6.07) is 3.73. The largest absolute Gasteiger partial charge is 0.272 e. The summed E-state index contributed by atoms with van der Waals surface area (Å²) < 4.78 is 2.65. The Morgan fingerprint density at radius 1 is 1.36 bits per heavy atom. The highest BCUT2D eigenvalue weighted by Gasteiger charge is 2.00. The lowest BCUT2D eigenvalue weighted by atomic mass is 10.5. The topological polar surface area (TPSA) is 30.2 Å². The predicted molar refractivity (Wildman–Crippen MR) is 45.7 cm³/mol. The minimum absolute atomic E-state index is 0.376. The minimum Gasteiger partial charge on any atom is -0.272 e. The van der Waals surface area contributed by atoms with Gasteiger partial charge in [0, 0.05) is 10.7 Å². The van der Waals surface area contributed by atoms with E-state index in [1.54, 1.807) is 4.40 Å². The van der Waals surface area contributed by atoms with E-state index in [1.807, 2.05) is 18.3 Å². The summed E-state index contributed by atoms with van der Waals surface area (Å²) in [7, 11) is 0. The first-order valence-corrected chi connectivity index (χ1v) is 4.10. The van der Waals surface area contributed by atoms with E-state index in [0.29, 0.717) is 5.28 Å². The van der Waals surface area contributed by atoms with Crippen molar-refractivity contribution in [2.45, 2.75) is 0 Å². The van der Waals surface area contributed by atoms with E-state index in [2.05, 4.69) is 26.1 Å². The summed E-state index contributed by atoms with van der Waals surface area (Å²) in [5.74, 6) is 0.